The molecule has 2 aromatic rings. The molecule has 4 heteroatoms. The topological polar surface area (TPSA) is 35.0 Å². The van der Waals surface area contributed by atoms with Gasteiger partial charge in [-0.2, -0.15) is 5.10 Å². The van der Waals surface area contributed by atoms with Gasteiger partial charge in [-0.25, -0.2) is 4.39 Å². The molecule has 0 saturated carbocycles. The molecule has 1 aromatic heterocycles. The van der Waals surface area contributed by atoms with Crippen molar-refractivity contribution >= 4 is 6.08 Å². The third kappa shape index (κ3) is 8.28. The molecule has 1 aromatic carbocycles. The van der Waals surface area contributed by atoms with Gasteiger partial charge < -0.3 is 4.74 Å². The Morgan fingerprint density at radius 3 is 2.69 bits per heavy atom. The number of hydrogen-bond donors (Lipinski definition) is 0. The van der Waals surface area contributed by atoms with E-state index in [0.717, 1.165) is 43.5 Å². The first-order chi connectivity index (χ1) is 14.1. The summed E-state index contributed by atoms with van der Waals surface area (Å²) in [6.07, 6.45) is 13.5. The highest BCUT2D eigenvalue weighted by molar-refractivity contribution is 5.61. The highest BCUT2D eigenvalue weighted by Crippen LogP contribution is 2.22. The van der Waals surface area contributed by atoms with E-state index in [1.807, 2.05) is 24.3 Å². The summed E-state index contributed by atoms with van der Waals surface area (Å²) in [6, 6.07) is 8.85. The molecule has 1 atom stereocenters. The van der Waals surface area contributed by atoms with Crippen LogP contribution in [-0.2, 0) is 11.2 Å². The second-order valence-electron chi connectivity index (χ2n) is 7.37. The molecule has 0 spiro atoms. The minimum atomic E-state index is -0.284. The molecular weight excluding hydrogens is 363 g/mol. The van der Waals surface area contributed by atoms with Crippen molar-refractivity contribution < 1.29 is 9.13 Å². The van der Waals surface area contributed by atoms with Crippen molar-refractivity contribution in [1.29, 1.82) is 0 Å². The van der Waals surface area contributed by atoms with Gasteiger partial charge in [0.1, 0.15) is 5.82 Å². The first-order valence-electron chi connectivity index (χ1n) is 10.7. The number of hydrogen-bond acceptors (Lipinski definition) is 3. The number of aromatic nitrogens is 2. The molecule has 2 rings (SSSR count). The Kier molecular flexibility index (Phi) is 10.3. The van der Waals surface area contributed by atoms with E-state index >= 15 is 0 Å². The Morgan fingerprint density at radius 1 is 1.14 bits per heavy atom. The summed E-state index contributed by atoms with van der Waals surface area (Å²) in [6.45, 7) is 8.89. The molecule has 0 fully saturated rings. The van der Waals surface area contributed by atoms with Gasteiger partial charge in [0.15, 0.2) is 0 Å². The van der Waals surface area contributed by atoms with E-state index in [2.05, 4.69) is 36.7 Å². The van der Waals surface area contributed by atoms with Crippen LogP contribution in [0.2, 0.25) is 0 Å². The molecule has 0 radical (unpaired) electrons. The highest BCUT2D eigenvalue weighted by Gasteiger charge is 2.08. The van der Waals surface area contributed by atoms with Gasteiger partial charge in [-0.1, -0.05) is 38.0 Å². The van der Waals surface area contributed by atoms with E-state index in [1.54, 1.807) is 12.1 Å². The van der Waals surface area contributed by atoms with Crippen LogP contribution in [0.5, 0.6) is 0 Å². The molecule has 0 saturated heterocycles. The first kappa shape index (κ1) is 23.0. The van der Waals surface area contributed by atoms with Crippen molar-refractivity contribution in [1.82, 2.24) is 10.2 Å². The van der Waals surface area contributed by atoms with E-state index in [9.17, 15) is 4.39 Å². The molecule has 0 aliphatic rings. The summed E-state index contributed by atoms with van der Waals surface area (Å²) in [7, 11) is 0. The van der Waals surface area contributed by atoms with Crippen molar-refractivity contribution in [3.63, 3.8) is 0 Å². The fourth-order valence-corrected chi connectivity index (χ4v) is 3.08. The van der Waals surface area contributed by atoms with Gasteiger partial charge in [0.05, 0.1) is 17.5 Å². The molecule has 1 unspecified atom stereocenters. The average molecular weight is 397 g/mol. The maximum Gasteiger partial charge on any atom is 0.132 e. The van der Waals surface area contributed by atoms with Gasteiger partial charge in [-0.15, -0.1) is 11.7 Å². The van der Waals surface area contributed by atoms with Crippen LogP contribution in [0.15, 0.2) is 49.1 Å². The van der Waals surface area contributed by atoms with E-state index in [4.69, 9.17) is 4.74 Å². The van der Waals surface area contributed by atoms with E-state index in [0.29, 0.717) is 23.8 Å². The van der Waals surface area contributed by atoms with E-state index in [1.165, 1.54) is 18.9 Å². The summed E-state index contributed by atoms with van der Waals surface area (Å²) in [5, 5.41) is 8.38. The molecule has 3 nitrogen and oxygen atoms in total. The molecule has 156 valence electrons. The smallest absolute Gasteiger partial charge is 0.132 e. The maximum absolute atomic E-state index is 14.3. The Bertz CT molecular complexity index is 771. The summed E-state index contributed by atoms with van der Waals surface area (Å²) >= 11 is 0. The van der Waals surface area contributed by atoms with Crippen molar-refractivity contribution in [3.05, 3.63) is 66.1 Å². The van der Waals surface area contributed by atoms with Gasteiger partial charge >= 0.3 is 0 Å². The summed E-state index contributed by atoms with van der Waals surface area (Å²) in [4.78, 5) is 0. The number of halogens is 1. The largest absolute Gasteiger partial charge is 0.379 e. The van der Waals surface area contributed by atoms with E-state index in [-0.39, 0.29) is 5.82 Å². The number of allylic oxidation sites excluding steroid dienone is 2. The third-order valence-corrected chi connectivity index (χ3v) is 4.79. The Hall–Kier alpha value is -2.33. The maximum atomic E-state index is 14.3. The lowest BCUT2D eigenvalue weighted by Gasteiger charge is -2.11. The fourth-order valence-electron chi connectivity index (χ4n) is 3.08. The quantitative estimate of drug-likeness (QED) is 0.276. The van der Waals surface area contributed by atoms with Gasteiger partial charge in [0, 0.05) is 12.2 Å². The Labute approximate surface area is 174 Å². The molecule has 0 amide bonds. The highest BCUT2D eigenvalue weighted by atomic mass is 19.1. The average Bonchev–Trinajstić information content (AvgIpc) is 2.72. The van der Waals surface area contributed by atoms with Crippen LogP contribution in [0.1, 0.15) is 63.6 Å². The lowest BCUT2D eigenvalue weighted by molar-refractivity contribution is 0.0566. The molecular formula is C25H33FN2O. The van der Waals surface area contributed by atoms with Crippen molar-refractivity contribution in [2.24, 2.45) is 0 Å². The van der Waals surface area contributed by atoms with Crippen molar-refractivity contribution in [2.75, 3.05) is 6.61 Å². The summed E-state index contributed by atoms with van der Waals surface area (Å²) in [5.74, 6) is -0.284. The fraction of sp³-hybridized carbons (Fsp3) is 0.440. The van der Waals surface area contributed by atoms with Crippen LogP contribution in [0.4, 0.5) is 4.39 Å². The SMILES string of the molecule is C=CCc1ccc(-c2ccc(C=CCCCC(C)OCCCCC)nn2)c(F)c1. The second-order valence-corrected chi connectivity index (χ2v) is 7.37. The van der Waals surface area contributed by atoms with Gasteiger partial charge in [0.25, 0.3) is 0 Å². The predicted octanol–water partition coefficient (Wildman–Crippen LogP) is 6.79. The number of ether oxygens (including phenoxy) is 1. The summed E-state index contributed by atoms with van der Waals surface area (Å²) in [5.41, 5.74) is 2.68. The molecule has 1 heterocycles. The van der Waals surface area contributed by atoms with Crippen LogP contribution in [-0.4, -0.2) is 22.9 Å². The minimum Gasteiger partial charge on any atom is -0.379 e. The zero-order valence-corrected chi connectivity index (χ0v) is 17.7. The zero-order chi connectivity index (χ0) is 20.9. The van der Waals surface area contributed by atoms with Crippen LogP contribution >= 0.6 is 0 Å². The molecule has 0 aliphatic heterocycles. The second kappa shape index (κ2) is 13.0. The lowest BCUT2D eigenvalue weighted by atomic mass is 10.1. The van der Waals surface area contributed by atoms with Gasteiger partial charge in [-0.3, -0.25) is 0 Å². The van der Waals surface area contributed by atoms with Gasteiger partial charge in [0.2, 0.25) is 0 Å². The van der Waals surface area contributed by atoms with Crippen LogP contribution in [0.3, 0.4) is 0 Å². The normalized spacial score (nSPS) is 12.4. The summed E-state index contributed by atoms with van der Waals surface area (Å²) < 4.78 is 20.1. The van der Waals surface area contributed by atoms with Crippen LogP contribution in [0, 0.1) is 5.82 Å². The lowest BCUT2D eigenvalue weighted by Crippen LogP contribution is -2.08. The van der Waals surface area contributed by atoms with Crippen molar-refractivity contribution in [3.8, 4) is 11.3 Å². The van der Waals surface area contributed by atoms with Crippen molar-refractivity contribution in [2.45, 2.75) is 64.9 Å². The van der Waals surface area contributed by atoms with E-state index < -0.39 is 0 Å². The van der Waals surface area contributed by atoms with Crippen LogP contribution < -0.4 is 0 Å². The molecule has 0 bridgehead atoms. The molecule has 0 N–H and O–H groups in total. The number of unbranched alkanes of at least 4 members (excludes halogenated alkanes) is 3. The molecule has 29 heavy (non-hydrogen) atoms. The number of benzene rings is 1. The predicted molar refractivity (Wildman–Crippen MR) is 119 cm³/mol. The standard InChI is InChI=1S/C25H33FN2O/c1-4-6-10-18-29-20(3)12-8-7-9-13-22-15-17-25(28-27-22)23-16-14-21(11-5-2)19-24(23)26/h5,9,13-17,19-20H,2,4,6-8,10-12,18H2,1,3H3. The number of rotatable bonds is 13. The Morgan fingerprint density at radius 2 is 2.00 bits per heavy atom. The molecule has 0 aliphatic carbocycles. The zero-order valence-electron chi connectivity index (χ0n) is 17.7. The minimum absolute atomic E-state index is 0.284. The van der Waals surface area contributed by atoms with Crippen LogP contribution in [0.25, 0.3) is 17.3 Å². The monoisotopic (exact) mass is 396 g/mol. The third-order valence-electron chi connectivity index (χ3n) is 4.79. The first-order valence-corrected chi connectivity index (χ1v) is 10.7. The Balaban J connectivity index is 1.78. The van der Waals surface area contributed by atoms with Gasteiger partial charge in [-0.05, 0) is 74.9 Å². The number of nitrogens with zero attached hydrogens (tertiary/aromatic N) is 2.